The van der Waals surface area contributed by atoms with E-state index in [1.54, 1.807) is 12.5 Å². The Morgan fingerprint density at radius 2 is 2.07 bits per heavy atom. The Bertz CT molecular complexity index is 771. The number of aromatic nitrogens is 6. The number of aryl methyl sites for hydroxylation is 1. The number of carbonyl (C=O) groups is 1. The molecule has 1 aliphatic rings. The van der Waals surface area contributed by atoms with Crippen LogP contribution in [0, 0.1) is 11.3 Å². The van der Waals surface area contributed by atoms with Gasteiger partial charge in [0.15, 0.2) is 5.82 Å². The van der Waals surface area contributed by atoms with Gasteiger partial charge in [-0.15, -0.1) is 5.10 Å². The van der Waals surface area contributed by atoms with E-state index >= 15 is 0 Å². The monoisotopic (exact) mass is 416 g/mol. The zero-order valence-corrected chi connectivity index (χ0v) is 18.8. The van der Waals surface area contributed by atoms with Crippen LogP contribution in [-0.2, 0) is 24.4 Å². The van der Waals surface area contributed by atoms with Crippen molar-refractivity contribution < 1.29 is 4.79 Å². The van der Waals surface area contributed by atoms with Crippen molar-refractivity contribution in [1.29, 1.82) is 0 Å². The Morgan fingerprint density at radius 3 is 2.73 bits per heavy atom. The normalized spacial score (nSPS) is 17.2. The minimum absolute atomic E-state index is 0.0318. The highest BCUT2D eigenvalue weighted by atomic mass is 16.1. The SMILES string of the molecule is CC1CCN(Cc2nnnn2CCCC(=O)NC(Cn2ccnc2)C(C)(C)C)CC1. The van der Waals surface area contributed by atoms with E-state index in [0.717, 1.165) is 31.4 Å². The Hall–Kier alpha value is -2.29. The Labute approximate surface area is 179 Å². The number of piperidine rings is 1. The number of hydrogen-bond donors (Lipinski definition) is 1. The number of tetrazole rings is 1. The predicted octanol–water partition coefficient (Wildman–Crippen LogP) is 2.11. The van der Waals surface area contributed by atoms with E-state index < -0.39 is 0 Å². The fourth-order valence-electron chi connectivity index (χ4n) is 3.73. The summed E-state index contributed by atoms with van der Waals surface area (Å²) >= 11 is 0. The molecule has 1 amide bonds. The molecular formula is C21H36N8O. The third-order valence-corrected chi connectivity index (χ3v) is 5.95. The summed E-state index contributed by atoms with van der Waals surface area (Å²) in [4.78, 5) is 19.1. The largest absolute Gasteiger partial charge is 0.351 e. The van der Waals surface area contributed by atoms with Crippen LogP contribution in [0.15, 0.2) is 18.7 Å². The van der Waals surface area contributed by atoms with Crippen molar-refractivity contribution in [3.05, 3.63) is 24.5 Å². The summed E-state index contributed by atoms with van der Waals surface area (Å²) in [7, 11) is 0. The van der Waals surface area contributed by atoms with Crippen molar-refractivity contribution in [1.82, 2.24) is 40.0 Å². The van der Waals surface area contributed by atoms with Crippen LogP contribution in [0.4, 0.5) is 0 Å². The highest BCUT2D eigenvalue weighted by Crippen LogP contribution is 2.21. The van der Waals surface area contributed by atoms with Gasteiger partial charge in [-0.05, 0) is 54.1 Å². The second-order valence-corrected chi connectivity index (χ2v) is 9.63. The highest BCUT2D eigenvalue weighted by Gasteiger charge is 2.26. The zero-order chi connectivity index (χ0) is 21.6. The molecule has 1 unspecified atom stereocenters. The number of carbonyl (C=O) groups excluding carboxylic acids is 1. The number of amides is 1. The third-order valence-electron chi connectivity index (χ3n) is 5.95. The van der Waals surface area contributed by atoms with Gasteiger partial charge >= 0.3 is 0 Å². The van der Waals surface area contributed by atoms with E-state index in [2.05, 4.69) is 58.4 Å². The number of nitrogens with one attached hydrogen (secondary N) is 1. The molecule has 30 heavy (non-hydrogen) atoms. The van der Waals surface area contributed by atoms with Gasteiger partial charge in [-0.1, -0.05) is 27.7 Å². The molecule has 9 heteroatoms. The quantitative estimate of drug-likeness (QED) is 0.673. The van der Waals surface area contributed by atoms with E-state index in [1.165, 1.54) is 12.8 Å². The van der Waals surface area contributed by atoms with Crippen LogP contribution in [-0.4, -0.2) is 59.7 Å². The lowest BCUT2D eigenvalue weighted by atomic mass is 9.86. The Balaban J connectivity index is 1.45. The third kappa shape index (κ3) is 6.62. The molecule has 1 aliphatic heterocycles. The number of hydrogen-bond acceptors (Lipinski definition) is 6. The summed E-state index contributed by atoms with van der Waals surface area (Å²) in [6.07, 6.45) is 9.10. The van der Waals surface area contributed by atoms with Crippen molar-refractivity contribution in [2.75, 3.05) is 13.1 Å². The summed E-state index contributed by atoms with van der Waals surface area (Å²) < 4.78 is 3.85. The fraction of sp³-hybridized carbons (Fsp3) is 0.762. The van der Waals surface area contributed by atoms with Crippen molar-refractivity contribution in [3.63, 3.8) is 0 Å². The number of nitrogens with zero attached hydrogens (tertiary/aromatic N) is 7. The van der Waals surface area contributed by atoms with Gasteiger partial charge in [0, 0.05) is 31.9 Å². The summed E-state index contributed by atoms with van der Waals surface area (Å²) in [5.74, 6) is 1.76. The molecule has 166 valence electrons. The lowest BCUT2D eigenvalue weighted by Crippen LogP contribution is -2.46. The first-order valence-corrected chi connectivity index (χ1v) is 11.0. The van der Waals surface area contributed by atoms with Crippen LogP contribution < -0.4 is 5.32 Å². The lowest BCUT2D eigenvalue weighted by molar-refractivity contribution is -0.122. The van der Waals surface area contributed by atoms with Gasteiger partial charge in [-0.3, -0.25) is 9.69 Å². The molecule has 0 spiro atoms. The van der Waals surface area contributed by atoms with E-state index in [9.17, 15) is 4.79 Å². The molecule has 0 bridgehead atoms. The Kier molecular flexibility index (Phi) is 7.58. The molecule has 0 aromatic carbocycles. The van der Waals surface area contributed by atoms with Crippen LogP contribution >= 0.6 is 0 Å². The molecule has 3 heterocycles. The lowest BCUT2D eigenvalue weighted by Gasteiger charge is -2.32. The van der Waals surface area contributed by atoms with Crippen molar-refractivity contribution in [2.24, 2.45) is 11.3 Å². The first kappa shape index (κ1) is 22.4. The van der Waals surface area contributed by atoms with Gasteiger partial charge in [0.05, 0.1) is 18.9 Å². The van der Waals surface area contributed by atoms with Crippen LogP contribution in [0.1, 0.15) is 59.2 Å². The predicted molar refractivity (Wildman–Crippen MR) is 114 cm³/mol. The molecule has 2 aromatic rings. The molecule has 3 rings (SSSR count). The maximum atomic E-state index is 12.6. The van der Waals surface area contributed by atoms with Crippen LogP contribution in [0.5, 0.6) is 0 Å². The van der Waals surface area contributed by atoms with Crippen LogP contribution in [0.25, 0.3) is 0 Å². The molecule has 0 radical (unpaired) electrons. The molecule has 0 saturated carbocycles. The average Bonchev–Trinajstić information content (AvgIpc) is 3.35. The number of likely N-dealkylation sites (tertiary alicyclic amines) is 1. The maximum absolute atomic E-state index is 12.6. The summed E-state index contributed by atoms with van der Waals surface area (Å²) in [5.41, 5.74) is -0.0468. The Morgan fingerprint density at radius 1 is 1.30 bits per heavy atom. The molecule has 9 nitrogen and oxygen atoms in total. The van der Waals surface area contributed by atoms with Crippen molar-refractivity contribution >= 4 is 5.91 Å². The standard InChI is InChI=1S/C21H36N8O/c1-17-7-11-27(12-8-17)15-19-24-25-26-29(19)10-5-6-20(30)23-18(21(2,3)4)14-28-13-9-22-16-28/h9,13,16-18H,5-8,10-12,14-15H2,1-4H3,(H,23,30). The minimum Gasteiger partial charge on any atom is -0.351 e. The highest BCUT2D eigenvalue weighted by molar-refractivity contribution is 5.76. The summed E-state index contributed by atoms with van der Waals surface area (Å²) in [6.45, 7) is 13.1. The van der Waals surface area contributed by atoms with E-state index in [0.29, 0.717) is 25.9 Å². The van der Waals surface area contributed by atoms with Gasteiger partial charge < -0.3 is 9.88 Å². The number of rotatable bonds is 9. The maximum Gasteiger partial charge on any atom is 0.220 e. The molecule has 0 aliphatic carbocycles. The molecule has 1 atom stereocenters. The van der Waals surface area contributed by atoms with Gasteiger partial charge in [0.25, 0.3) is 0 Å². The van der Waals surface area contributed by atoms with Crippen molar-refractivity contribution in [3.8, 4) is 0 Å². The molecule has 1 fully saturated rings. The zero-order valence-electron chi connectivity index (χ0n) is 18.8. The van der Waals surface area contributed by atoms with Crippen LogP contribution in [0.3, 0.4) is 0 Å². The first-order valence-electron chi connectivity index (χ1n) is 11.0. The van der Waals surface area contributed by atoms with E-state index in [4.69, 9.17) is 0 Å². The second kappa shape index (κ2) is 10.1. The first-order chi connectivity index (χ1) is 14.3. The molecule has 1 N–H and O–H groups in total. The summed E-state index contributed by atoms with van der Waals surface area (Å²) in [6, 6.07) is 0.0318. The van der Waals surface area contributed by atoms with Gasteiger partial charge in [0.2, 0.25) is 5.91 Å². The van der Waals surface area contributed by atoms with Gasteiger partial charge in [-0.2, -0.15) is 0 Å². The molecule has 2 aromatic heterocycles. The van der Waals surface area contributed by atoms with Crippen molar-refractivity contribution in [2.45, 2.75) is 79.1 Å². The molecular weight excluding hydrogens is 380 g/mol. The van der Waals surface area contributed by atoms with E-state index in [1.807, 2.05) is 15.4 Å². The second-order valence-electron chi connectivity index (χ2n) is 9.63. The van der Waals surface area contributed by atoms with Gasteiger partial charge in [-0.25, -0.2) is 9.67 Å². The van der Waals surface area contributed by atoms with Crippen LogP contribution in [0.2, 0.25) is 0 Å². The van der Waals surface area contributed by atoms with Gasteiger partial charge in [0.1, 0.15) is 0 Å². The number of imidazole rings is 1. The average molecular weight is 417 g/mol. The smallest absolute Gasteiger partial charge is 0.220 e. The van der Waals surface area contributed by atoms with E-state index in [-0.39, 0.29) is 17.4 Å². The topological polar surface area (TPSA) is 93.8 Å². The summed E-state index contributed by atoms with van der Waals surface area (Å²) in [5, 5.41) is 15.4. The molecule has 1 saturated heterocycles. The fourth-order valence-corrected chi connectivity index (χ4v) is 3.73. The minimum atomic E-state index is -0.0468.